The Morgan fingerprint density at radius 3 is 2.65 bits per heavy atom. The number of nitrogens with one attached hydrogen (secondary N) is 2. The Hall–Kier alpha value is -1.19. The van der Waals surface area contributed by atoms with Gasteiger partial charge in [0.2, 0.25) is 0 Å². The molecular weight excluding hydrogens is 364 g/mol. The molecule has 0 saturated heterocycles. The first-order chi connectivity index (χ1) is 9.51. The summed E-state index contributed by atoms with van der Waals surface area (Å²) in [5, 5.41) is 3.39. The summed E-state index contributed by atoms with van der Waals surface area (Å²) in [7, 11) is -3.65. The second-order valence-electron chi connectivity index (χ2n) is 3.88. The summed E-state index contributed by atoms with van der Waals surface area (Å²) in [5.74, 6) is 0.655. The molecule has 0 unspecified atom stereocenters. The molecule has 2 heterocycles. The second kappa shape index (κ2) is 6.51. The number of halogens is 1. The van der Waals surface area contributed by atoms with E-state index in [1.165, 1.54) is 23.6 Å². The van der Waals surface area contributed by atoms with Crippen LogP contribution in [0.15, 0.2) is 33.2 Å². The van der Waals surface area contributed by atoms with Crippen molar-refractivity contribution in [1.29, 1.82) is 0 Å². The highest BCUT2D eigenvalue weighted by Crippen LogP contribution is 2.25. The Morgan fingerprint density at radius 1 is 1.30 bits per heavy atom. The molecule has 20 heavy (non-hydrogen) atoms. The molecule has 0 spiro atoms. The first-order valence-corrected chi connectivity index (χ1v) is 8.94. The molecule has 0 aliphatic carbocycles. The van der Waals surface area contributed by atoms with E-state index in [-0.39, 0.29) is 4.90 Å². The largest absolute Gasteiger partial charge is 0.370 e. The number of hydrogen-bond donors (Lipinski definition) is 2. The van der Waals surface area contributed by atoms with Gasteiger partial charge in [0.15, 0.2) is 5.13 Å². The van der Waals surface area contributed by atoms with E-state index in [4.69, 9.17) is 0 Å². The van der Waals surface area contributed by atoms with Gasteiger partial charge in [0.05, 0.1) is 9.98 Å². The van der Waals surface area contributed by atoms with Gasteiger partial charge in [0.1, 0.15) is 10.7 Å². The molecule has 6 nitrogen and oxygen atoms in total. The highest BCUT2D eigenvalue weighted by Gasteiger charge is 2.16. The van der Waals surface area contributed by atoms with Crippen LogP contribution in [-0.4, -0.2) is 24.9 Å². The number of pyridine rings is 1. The summed E-state index contributed by atoms with van der Waals surface area (Å²) in [5.41, 5.74) is 0. The summed E-state index contributed by atoms with van der Waals surface area (Å²) in [4.78, 5) is 8.11. The first kappa shape index (κ1) is 15.2. The summed E-state index contributed by atoms with van der Waals surface area (Å²) < 4.78 is 27.4. The van der Waals surface area contributed by atoms with Crippen molar-refractivity contribution >= 4 is 48.2 Å². The summed E-state index contributed by atoms with van der Waals surface area (Å²) in [6, 6.07) is 3.15. The zero-order valence-corrected chi connectivity index (χ0v) is 13.8. The third-order valence-corrected chi connectivity index (χ3v) is 5.15. The Labute approximate surface area is 129 Å². The van der Waals surface area contributed by atoms with E-state index in [1.807, 2.05) is 6.92 Å². The van der Waals surface area contributed by atoms with E-state index in [0.717, 1.165) is 16.8 Å². The van der Waals surface area contributed by atoms with Crippen LogP contribution in [-0.2, 0) is 10.0 Å². The van der Waals surface area contributed by atoms with Gasteiger partial charge >= 0.3 is 0 Å². The van der Waals surface area contributed by atoms with Gasteiger partial charge in [-0.3, -0.25) is 4.72 Å². The van der Waals surface area contributed by atoms with Crippen molar-refractivity contribution in [2.75, 3.05) is 16.6 Å². The molecular formula is C11H13BrN4O2S2. The minimum absolute atomic E-state index is 0.103. The fourth-order valence-corrected chi connectivity index (χ4v) is 3.67. The molecule has 0 aromatic carbocycles. The summed E-state index contributed by atoms with van der Waals surface area (Å²) in [6.45, 7) is 2.84. The van der Waals surface area contributed by atoms with E-state index < -0.39 is 10.0 Å². The Bertz CT molecular complexity index is 670. The van der Waals surface area contributed by atoms with Crippen LogP contribution in [0, 0.1) is 0 Å². The molecule has 2 aromatic heterocycles. The number of anilines is 2. The van der Waals surface area contributed by atoms with Gasteiger partial charge < -0.3 is 5.32 Å². The standard InChI is InChI=1S/C11H13BrN4O2S2/c1-2-5-13-10-4-3-8(6-14-10)20(17,18)16-11-15-7-9(12)19-11/h3-4,6-7H,2,5H2,1H3,(H,13,14)(H,15,16). The van der Waals surface area contributed by atoms with E-state index in [9.17, 15) is 8.42 Å². The lowest BCUT2D eigenvalue weighted by molar-refractivity contribution is 0.601. The molecule has 2 N–H and O–H groups in total. The molecule has 9 heteroatoms. The van der Waals surface area contributed by atoms with Crippen LogP contribution in [0.2, 0.25) is 0 Å². The van der Waals surface area contributed by atoms with Crippen LogP contribution >= 0.6 is 27.3 Å². The minimum Gasteiger partial charge on any atom is -0.370 e. The van der Waals surface area contributed by atoms with Gasteiger partial charge in [-0.05, 0) is 34.5 Å². The van der Waals surface area contributed by atoms with Crippen LogP contribution < -0.4 is 10.0 Å². The minimum atomic E-state index is -3.65. The lowest BCUT2D eigenvalue weighted by Crippen LogP contribution is -2.13. The Kier molecular flexibility index (Phi) is 4.95. The number of hydrogen-bond acceptors (Lipinski definition) is 6. The lowest BCUT2D eigenvalue weighted by atomic mass is 10.4. The zero-order valence-electron chi connectivity index (χ0n) is 10.6. The zero-order chi connectivity index (χ0) is 14.6. The van der Waals surface area contributed by atoms with Gasteiger partial charge in [-0.25, -0.2) is 18.4 Å². The maximum absolute atomic E-state index is 12.1. The van der Waals surface area contributed by atoms with E-state index >= 15 is 0 Å². The SMILES string of the molecule is CCCNc1ccc(S(=O)(=O)Nc2ncc(Br)s2)cn1. The number of thiazole rings is 1. The Balaban J connectivity index is 2.13. The maximum atomic E-state index is 12.1. The third-order valence-electron chi connectivity index (χ3n) is 2.30. The van der Waals surface area contributed by atoms with Crippen molar-refractivity contribution in [3.05, 3.63) is 28.3 Å². The quantitative estimate of drug-likeness (QED) is 0.809. The van der Waals surface area contributed by atoms with Crippen molar-refractivity contribution in [2.45, 2.75) is 18.2 Å². The van der Waals surface area contributed by atoms with Crippen molar-refractivity contribution in [3.8, 4) is 0 Å². The van der Waals surface area contributed by atoms with Crippen molar-refractivity contribution in [2.24, 2.45) is 0 Å². The molecule has 108 valence electrons. The third kappa shape index (κ3) is 3.90. The van der Waals surface area contributed by atoms with Crippen molar-refractivity contribution in [1.82, 2.24) is 9.97 Å². The van der Waals surface area contributed by atoms with E-state index in [0.29, 0.717) is 10.9 Å². The molecule has 0 amide bonds. The summed E-state index contributed by atoms with van der Waals surface area (Å²) in [6.07, 6.45) is 3.84. The first-order valence-electron chi connectivity index (χ1n) is 5.85. The number of rotatable bonds is 6. The van der Waals surface area contributed by atoms with Gasteiger partial charge in [-0.15, -0.1) is 0 Å². The van der Waals surface area contributed by atoms with Gasteiger partial charge in [-0.1, -0.05) is 18.3 Å². The number of sulfonamides is 1. The lowest BCUT2D eigenvalue weighted by Gasteiger charge is -2.06. The van der Waals surface area contributed by atoms with Crippen molar-refractivity contribution < 1.29 is 8.42 Å². The molecule has 0 radical (unpaired) electrons. The average molecular weight is 377 g/mol. The van der Waals surface area contributed by atoms with Gasteiger partial charge in [0.25, 0.3) is 10.0 Å². The van der Waals surface area contributed by atoms with Gasteiger partial charge in [0, 0.05) is 12.7 Å². The van der Waals surface area contributed by atoms with E-state index in [1.54, 1.807) is 12.3 Å². The average Bonchev–Trinajstić information content (AvgIpc) is 2.81. The molecule has 0 saturated carbocycles. The summed E-state index contributed by atoms with van der Waals surface area (Å²) >= 11 is 4.44. The molecule has 2 aromatic rings. The highest BCUT2D eigenvalue weighted by atomic mass is 79.9. The smallest absolute Gasteiger partial charge is 0.265 e. The maximum Gasteiger partial charge on any atom is 0.265 e. The molecule has 2 rings (SSSR count). The van der Waals surface area contributed by atoms with Crippen LogP contribution in [0.1, 0.15) is 13.3 Å². The van der Waals surface area contributed by atoms with E-state index in [2.05, 4.69) is 35.9 Å². The fourth-order valence-electron chi connectivity index (χ4n) is 1.37. The van der Waals surface area contributed by atoms with Crippen LogP contribution in [0.3, 0.4) is 0 Å². The number of nitrogens with zero attached hydrogens (tertiary/aromatic N) is 2. The number of aromatic nitrogens is 2. The molecule has 0 fully saturated rings. The molecule has 0 atom stereocenters. The van der Waals surface area contributed by atoms with Crippen molar-refractivity contribution in [3.63, 3.8) is 0 Å². The van der Waals surface area contributed by atoms with Crippen LogP contribution in [0.25, 0.3) is 0 Å². The molecule has 0 aliphatic heterocycles. The predicted octanol–water partition coefficient (Wildman–Crippen LogP) is 2.92. The normalized spacial score (nSPS) is 11.3. The molecule has 0 bridgehead atoms. The van der Waals surface area contributed by atoms with Gasteiger partial charge in [-0.2, -0.15) is 0 Å². The fraction of sp³-hybridized carbons (Fsp3) is 0.273. The molecule has 0 aliphatic rings. The highest BCUT2D eigenvalue weighted by molar-refractivity contribution is 9.11. The van der Waals surface area contributed by atoms with Crippen LogP contribution in [0.5, 0.6) is 0 Å². The second-order valence-corrected chi connectivity index (χ2v) is 7.97. The van der Waals surface area contributed by atoms with Crippen LogP contribution in [0.4, 0.5) is 10.9 Å². The predicted molar refractivity (Wildman–Crippen MR) is 83.6 cm³/mol. The Morgan fingerprint density at radius 2 is 2.10 bits per heavy atom. The monoisotopic (exact) mass is 376 g/mol. The topological polar surface area (TPSA) is 84.0 Å².